The van der Waals surface area contributed by atoms with Gasteiger partial charge in [-0.25, -0.2) is 4.98 Å². The number of imidazole rings is 1. The molecule has 1 aliphatic rings. The lowest BCUT2D eigenvalue weighted by Crippen LogP contribution is -2.22. The van der Waals surface area contributed by atoms with Gasteiger partial charge in [-0.1, -0.05) is 29.8 Å². The summed E-state index contributed by atoms with van der Waals surface area (Å²) in [5.74, 6) is 0.639. The average Bonchev–Trinajstić information content (AvgIpc) is 3.18. The Kier molecular flexibility index (Phi) is 3.93. The SMILES string of the molecule is Cc1cccc(C(O)CNCc2c(C3CC3)nc3sccn23)c1. The van der Waals surface area contributed by atoms with Crippen LogP contribution in [-0.2, 0) is 6.54 Å². The van der Waals surface area contributed by atoms with E-state index in [0.29, 0.717) is 12.5 Å². The fourth-order valence-corrected chi connectivity index (χ4v) is 3.77. The van der Waals surface area contributed by atoms with Gasteiger partial charge in [-0.05, 0) is 25.3 Å². The van der Waals surface area contributed by atoms with E-state index < -0.39 is 6.10 Å². The lowest BCUT2D eigenvalue weighted by molar-refractivity contribution is 0.174. The first-order chi connectivity index (χ1) is 11.2. The second-order valence-electron chi connectivity index (χ2n) is 6.33. The molecule has 5 heteroatoms. The highest BCUT2D eigenvalue weighted by molar-refractivity contribution is 7.15. The molecule has 4 rings (SSSR count). The van der Waals surface area contributed by atoms with Crippen molar-refractivity contribution in [1.29, 1.82) is 0 Å². The third-order valence-electron chi connectivity index (χ3n) is 4.41. The number of benzene rings is 1. The van der Waals surface area contributed by atoms with Crippen molar-refractivity contribution in [3.8, 4) is 0 Å². The molecular weight excluding hydrogens is 306 g/mol. The number of aliphatic hydroxyl groups excluding tert-OH is 1. The van der Waals surface area contributed by atoms with Crippen LogP contribution in [0.1, 0.15) is 47.4 Å². The molecular formula is C18H21N3OS. The molecule has 0 amide bonds. The summed E-state index contributed by atoms with van der Waals surface area (Å²) in [6.07, 6.45) is 4.12. The molecule has 2 N–H and O–H groups in total. The highest BCUT2D eigenvalue weighted by Crippen LogP contribution is 2.41. The molecule has 4 nitrogen and oxygen atoms in total. The van der Waals surface area contributed by atoms with Crippen molar-refractivity contribution in [2.24, 2.45) is 0 Å². The van der Waals surface area contributed by atoms with Crippen molar-refractivity contribution in [3.63, 3.8) is 0 Å². The van der Waals surface area contributed by atoms with Crippen molar-refractivity contribution in [2.75, 3.05) is 6.54 Å². The predicted octanol–water partition coefficient (Wildman–Crippen LogP) is 3.40. The largest absolute Gasteiger partial charge is 0.387 e. The van der Waals surface area contributed by atoms with Gasteiger partial charge in [-0.15, -0.1) is 11.3 Å². The Bertz CT molecular complexity index is 819. The normalized spacial score (nSPS) is 16.1. The molecule has 1 saturated carbocycles. The van der Waals surface area contributed by atoms with Crippen molar-refractivity contribution < 1.29 is 5.11 Å². The Morgan fingerprint density at radius 1 is 1.43 bits per heavy atom. The van der Waals surface area contributed by atoms with Gasteiger partial charge < -0.3 is 10.4 Å². The average molecular weight is 327 g/mol. The highest BCUT2D eigenvalue weighted by atomic mass is 32.1. The minimum absolute atomic E-state index is 0.481. The first kappa shape index (κ1) is 14.9. The molecule has 0 radical (unpaired) electrons. The molecule has 2 aromatic heterocycles. The van der Waals surface area contributed by atoms with Crippen molar-refractivity contribution in [3.05, 3.63) is 58.4 Å². The van der Waals surface area contributed by atoms with Gasteiger partial charge >= 0.3 is 0 Å². The van der Waals surface area contributed by atoms with E-state index in [0.717, 1.165) is 17.1 Å². The molecule has 1 aromatic carbocycles. The van der Waals surface area contributed by atoms with Crippen molar-refractivity contribution in [2.45, 2.75) is 38.3 Å². The lowest BCUT2D eigenvalue weighted by Gasteiger charge is -2.13. The van der Waals surface area contributed by atoms with Gasteiger partial charge in [0.25, 0.3) is 0 Å². The molecule has 120 valence electrons. The number of nitrogens with one attached hydrogen (secondary N) is 1. The topological polar surface area (TPSA) is 49.6 Å². The van der Waals surface area contributed by atoms with Crippen LogP contribution in [0.15, 0.2) is 35.8 Å². The molecule has 23 heavy (non-hydrogen) atoms. The zero-order valence-corrected chi connectivity index (χ0v) is 14.0. The van der Waals surface area contributed by atoms with E-state index >= 15 is 0 Å². The number of hydrogen-bond donors (Lipinski definition) is 2. The minimum Gasteiger partial charge on any atom is -0.387 e. The Labute approximate surface area is 139 Å². The van der Waals surface area contributed by atoms with Crippen LogP contribution in [0.2, 0.25) is 0 Å². The summed E-state index contributed by atoms with van der Waals surface area (Å²) in [5, 5.41) is 15.8. The molecule has 1 unspecified atom stereocenters. The number of hydrogen-bond acceptors (Lipinski definition) is 4. The second-order valence-corrected chi connectivity index (χ2v) is 7.21. The van der Waals surface area contributed by atoms with Crippen LogP contribution in [0, 0.1) is 6.92 Å². The zero-order chi connectivity index (χ0) is 15.8. The summed E-state index contributed by atoms with van der Waals surface area (Å²) in [7, 11) is 0. The Hall–Kier alpha value is -1.69. The maximum atomic E-state index is 10.4. The standard InChI is InChI=1S/C18H21N3OS/c1-12-3-2-4-14(9-12)16(22)11-19-10-15-17(13-5-6-13)20-18-21(15)7-8-23-18/h2-4,7-9,13,16,19,22H,5-6,10-11H2,1H3. The molecule has 1 atom stereocenters. The summed E-state index contributed by atoms with van der Waals surface area (Å²) in [6.45, 7) is 3.34. The fourth-order valence-electron chi connectivity index (χ4n) is 3.03. The summed E-state index contributed by atoms with van der Waals surface area (Å²) in [6, 6.07) is 8.05. The molecule has 1 aliphatic carbocycles. The number of aliphatic hydroxyl groups is 1. The first-order valence-corrected chi connectivity index (χ1v) is 9.00. The van der Waals surface area contributed by atoms with E-state index in [-0.39, 0.29) is 0 Å². The monoisotopic (exact) mass is 327 g/mol. The number of rotatable bonds is 6. The van der Waals surface area contributed by atoms with Crippen molar-refractivity contribution in [1.82, 2.24) is 14.7 Å². The summed E-state index contributed by atoms with van der Waals surface area (Å²) < 4.78 is 2.18. The van der Waals surface area contributed by atoms with Crippen LogP contribution in [0.3, 0.4) is 0 Å². The van der Waals surface area contributed by atoms with Crippen LogP contribution < -0.4 is 5.32 Å². The van der Waals surface area contributed by atoms with E-state index in [4.69, 9.17) is 4.98 Å². The predicted molar refractivity (Wildman–Crippen MR) is 92.9 cm³/mol. The van der Waals surface area contributed by atoms with Gasteiger partial charge in [-0.2, -0.15) is 0 Å². The number of fused-ring (bicyclic) bond motifs is 1. The maximum Gasteiger partial charge on any atom is 0.194 e. The Balaban J connectivity index is 1.45. The molecule has 0 aliphatic heterocycles. The number of aromatic nitrogens is 2. The highest BCUT2D eigenvalue weighted by Gasteiger charge is 2.30. The maximum absolute atomic E-state index is 10.4. The fraction of sp³-hybridized carbons (Fsp3) is 0.389. The second kappa shape index (κ2) is 6.07. The van der Waals surface area contributed by atoms with Crippen LogP contribution in [0.4, 0.5) is 0 Å². The number of thiazole rings is 1. The van der Waals surface area contributed by atoms with E-state index in [2.05, 4.69) is 21.3 Å². The number of nitrogens with zero attached hydrogens (tertiary/aromatic N) is 2. The molecule has 2 heterocycles. The third kappa shape index (κ3) is 3.04. The van der Waals surface area contributed by atoms with Gasteiger partial charge in [0.15, 0.2) is 4.96 Å². The van der Waals surface area contributed by atoms with Gasteiger partial charge in [0.2, 0.25) is 0 Å². The zero-order valence-electron chi connectivity index (χ0n) is 13.2. The summed E-state index contributed by atoms with van der Waals surface area (Å²) in [5.41, 5.74) is 4.64. The molecule has 0 saturated heterocycles. The van der Waals surface area contributed by atoms with E-state index in [9.17, 15) is 5.11 Å². The summed E-state index contributed by atoms with van der Waals surface area (Å²) in [4.78, 5) is 5.85. The Morgan fingerprint density at radius 3 is 3.09 bits per heavy atom. The van der Waals surface area contributed by atoms with Crippen LogP contribution in [-0.4, -0.2) is 21.0 Å². The van der Waals surface area contributed by atoms with Gasteiger partial charge in [0, 0.05) is 30.6 Å². The van der Waals surface area contributed by atoms with Gasteiger partial charge in [0.1, 0.15) is 0 Å². The first-order valence-electron chi connectivity index (χ1n) is 8.12. The molecule has 0 spiro atoms. The van der Waals surface area contributed by atoms with Crippen LogP contribution in [0.25, 0.3) is 4.96 Å². The van der Waals surface area contributed by atoms with Crippen LogP contribution in [0.5, 0.6) is 0 Å². The van der Waals surface area contributed by atoms with Gasteiger partial charge in [0.05, 0.1) is 17.5 Å². The van der Waals surface area contributed by atoms with E-state index in [1.165, 1.54) is 29.8 Å². The molecule has 0 bridgehead atoms. The third-order valence-corrected chi connectivity index (χ3v) is 5.17. The van der Waals surface area contributed by atoms with Crippen molar-refractivity contribution >= 4 is 16.3 Å². The van der Waals surface area contributed by atoms with E-state index in [1.807, 2.05) is 31.2 Å². The minimum atomic E-state index is -0.481. The lowest BCUT2D eigenvalue weighted by atomic mass is 10.1. The number of aryl methyl sites for hydroxylation is 1. The molecule has 3 aromatic rings. The van der Waals surface area contributed by atoms with Crippen LogP contribution >= 0.6 is 11.3 Å². The quantitative estimate of drug-likeness (QED) is 0.729. The molecule has 1 fully saturated rings. The van der Waals surface area contributed by atoms with Gasteiger partial charge in [-0.3, -0.25) is 4.40 Å². The van der Waals surface area contributed by atoms with E-state index in [1.54, 1.807) is 11.3 Å². The summed E-state index contributed by atoms with van der Waals surface area (Å²) >= 11 is 1.68. The Morgan fingerprint density at radius 2 is 2.30 bits per heavy atom. The smallest absolute Gasteiger partial charge is 0.194 e.